The fraction of sp³-hybridized carbons (Fsp3) is 0.348. The van der Waals surface area contributed by atoms with Crippen LogP contribution in [0.15, 0.2) is 48.6 Å². The van der Waals surface area contributed by atoms with E-state index in [0.29, 0.717) is 30.1 Å². The summed E-state index contributed by atoms with van der Waals surface area (Å²) in [5.74, 6) is 1.78. The number of aromatic hydroxyl groups is 1. The fourth-order valence-corrected chi connectivity index (χ4v) is 2.84. The fourth-order valence-electron chi connectivity index (χ4n) is 2.84. The second kappa shape index (κ2) is 11.8. The number of phenols is 1. The van der Waals surface area contributed by atoms with E-state index in [9.17, 15) is 9.90 Å². The third-order valence-corrected chi connectivity index (χ3v) is 4.38. The number of phenolic OH excluding ortho intramolecular Hbond substituents is 1. The van der Waals surface area contributed by atoms with Gasteiger partial charge >= 0.3 is 0 Å². The first kappa shape index (κ1) is 22.3. The average molecular weight is 400 g/mol. The maximum Gasteiger partial charge on any atom is 0.161 e. The zero-order valence-corrected chi connectivity index (χ0v) is 16.9. The molecule has 0 bridgehead atoms. The number of hydrogen-bond donors (Lipinski definition) is 2. The van der Waals surface area contributed by atoms with Crippen molar-refractivity contribution in [1.82, 2.24) is 0 Å². The first-order valence-corrected chi connectivity index (χ1v) is 9.53. The molecular weight excluding hydrogens is 372 g/mol. The lowest BCUT2D eigenvalue weighted by Crippen LogP contribution is -2.03. The first-order chi connectivity index (χ1) is 14.1. The average Bonchev–Trinajstić information content (AvgIpc) is 2.74. The Kier molecular flexibility index (Phi) is 9.05. The zero-order valence-electron chi connectivity index (χ0n) is 16.9. The highest BCUT2D eigenvalue weighted by atomic mass is 16.5. The molecule has 2 N–H and O–H groups in total. The monoisotopic (exact) mass is 400 g/mol. The summed E-state index contributed by atoms with van der Waals surface area (Å²) in [4.78, 5) is 12.1. The van der Waals surface area contributed by atoms with Crippen molar-refractivity contribution >= 4 is 5.78 Å². The predicted octanol–water partition coefficient (Wildman–Crippen LogP) is 3.47. The van der Waals surface area contributed by atoms with Crippen LogP contribution in [0.3, 0.4) is 0 Å². The third-order valence-electron chi connectivity index (χ3n) is 4.38. The molecule has 0 amide bonds. The van der Waals surface area contributed by atoms with Crippen molar-refractivity contribution < 1.29 is 29.2 Å². The molecule has 29 heavy (non-hydrogen) atoms. The van der Waals surface area contributed by atoms with E-state index in [1.54, 1.807) is 31.4 Å². The Morgan fingerprint density at radius 1 is 0.966 bits per heavy atom. The van der Waals surface area contributed by atoms with E-state index >= 15 is 0 Å². The molecule has 0 saturated carbocycles. The molecule has 2 aromatic carbocycles. The van der Waals surface area contributed by atoms with Crippen molar-refractivity contribution in [2.45, 2.75) is 25.7 Å². The molecule has 156 valence electrons. The van der Waals surface area contributed by atoms with Gasteiger partial charge in [-0.05, 0) is 60.7 Å². The molecule has 0 heterocycles. The third kappa shape index (κ3) is 7.16. The second-order valence-electron chi connectivity index (χ2n) is 6.47. The number of benzene rings is 2. The Morgan fingerprint density at radius 2 is 1.66 bits per heavy atom. The van der Waals surface area contributed by atoms with Gasteiger partial charge in [-0.15, -0.1) is 0 Å². The molecule has 0 aliphatic rings. The lowest BCUT2D eigenvalue weighted by Gasteiger charge is -2.11. The van der Waals surface area contributed by atoms with E-state index in [2.05, 4.69) is 0 Å². The van der Waals surface area contributed by atoms with Crippen LogP contribution >= 0.6 is 0 Å². The number of methoxy groups -OCH3 is 2. The minimum atomic E-state index is -0.0516. The summed E-state index contributed by atoms with van der Waals surface area (Å²) in [5, 5.41) is 18.5. The summed E-state index contributed by atoms with van der Waals surface area (Å²) in [7, 11) is 3.07. The topological polar surface area (TPSA) is 85.2 Å². The van der Waals surface area contributed by atoms with Crippen molar-refractivity contribution in [1.29, 1.82) is 0 Å². The highest BCUT2D eigenvalue weighted by Crippen LogP contribution is 2.29. The maximum atomic E-state index is 12.1. The van der Waals surface area contributed by atoms with Crippen molar-refractivity contribution in [3.63, 3.8) is 0 Å². The highest BCUT2D eigenvalue weighted by Gasteiger charge is 2.06. The van der Waals surface area contributed by atoms with Gasteiger partial charge < -0.3 is 24.4 Å². The molecule has 0 spiro atoms. The number of allylic oxidation sites excluding steroid dienone is 2. The van der Waals surface area contributed by atoms with Crippen LogP contribution in [-0.2, 0) is 17.6 Å². The van der Waals surface area contributed by atoms with Crippen LogP contribution in [-0.4, -0.2) is 43.4 Å². The van der Waals surface area contributed by atoms with Gasteiger partial charge in [0, 0.05) is 6.42 Å². The van der Waals surface area contributed by atoms with Crippen LogP contribution in [0, 0.1) is 0 Å². The van der Waals surface area contributed by atoms with Crippen molar-refractivity contribution in [2.75, 3.05) is 27.4 Å². The van der Waals surface area contributed by atoms with E-state index in [0.717, 1.165) is 24.0 Å². The second-order valence-corrected chi connectivity index (χ2v) is 6.47. The van der Waals surface area contributed by atoms with Crippen LogP contribution in [0.4, 0.5) is 0 Å². The molecule has 0 aliphatic heterocycles. The van der Waals surface area contributed by atoms with E-state index in [-0.39, 0.29) is 24.7 Å². The molecule has 6 heteroatoms. The molecule has 0 atom stereocenters. The number of aliphatic hydroxyl groups excluding tert-OH is 1. The summed E-state index contributed by atoms with van der Waals surface area (Å²) in [6, 6.07) is 10.8. The van der Waals surface area contributed by atoms with E-state index in [4.69, 9.17) is 19.3 Å². The lowest BCUT2D eigenvalue weighted by molar-refractivity contribution is -0.114. The minimum Gasteiger partial charge on any atom is -0.504 e. The number of ether oxygens (including phenoxy) is 3. The molecule has 0 aliphatic carbocycles. The molecule has 0 saturated heterocycles. The van der Waals surface area contributed by atoms with Gasteiger partial charge in [0.1, 0.15) is 6.61 Å². The Balaban J connectivity index is 1.80. The summed E-state index contributed by atoms with van der Waals surface area (Å²) in [5.41, 5.74) is 2.02. The van der Waals surface area contributed by atoms with Gasteiger partial charge in [0.15, 0.2) is 28.8 Å². The standard InChI is InChI=1S/C23H28O6/c1-27-22-15-18(8-11-20(22)26)7-10-19(25)6-4-3-5-17-9-12-21(29-14-13-24)23(16-17)28-2/h4,6,8-9,11-12,15-16,24,26H,3,5,7,10,13-14H2,1-2H3/b6-4+. The van der Waals surface area contributed by atoms with Crippen LogP contribution in [0.5, 0.6) is 23.0 Å². The van der Waals surface area contributed by atoms with E-state index in [1.807, 2.05) is 24.3 Å². The summed E-state index contributed by atoms with van der Waals surface area (Å²) in [6.45, 7) is 0.168. The van der Waals surface area contributed by atoms with Crippen molar-refractivity contribution in [2.24, 2.45) is 0 Å². The Morgan fingerprint density at radius 3 is 2.38 bits per heavy atom. The van der Waals surface area contributed by atoms with Crippen molar-refractivity contribution in [3.8, 4) is 23.0 Å². The van der Waals surface area contributed by atoms with Gasteiger partial charge in [0.25, 0.3) is 0 Å². The highest BCUT2D eigenvalue weighted by molar-refractivity contribution is 5.89. The molecule has 0 radical (unpaired) electrons. The smallest absolute Gasteiger partial charge is 0.161 e. The van der Waals surface area contributed by atoms with Gasteiger partial charge in [0.2, 0.25) is 0 Å². The van der Waals surface area contributed by atoms with E-state index in [1.165, 1.54) is 7.11 Å². The van der Waals surface area contributed by atoms with Crippen LogP contribution in [0.1, 0.15) is 24.0 Å². The Hall–Kier alpha value is -2.99. The predicted molar refractivity (Wildman–Crippen MR) is 111 cm³/mol. The molecule has 0 unspecified atom stereocenters. The molecule has 2 rings (SSSR count). The summed E-state index contributed by atoms with van der Waals surface area (Å²) < 4.78 is 15.8. The molecular formula is C23H28O6. The number of rotatable bonds is 12. The number of aliphatic hydroxyl groups is 1. The van der Waals surface area contributed by atoms with Gasteiger partial charge in [-0.2, -0.15) is 0 Å². The van der Waals surface area contributed by atoms with Crippen LogP contribution in [0.25, 0.3) is 0 Å². The largest absolute Gasteiger partial charge is 0.504 e. The van der Waals surface area contributed by atoms with Gasteiger partial charge in [-0.25, -0.2) is 0 Å². The number of carbonyl (C=O) groups excluding carboxylic acids is 1. The van der Waals surface area contributed by atoms with Crippen LogP contribution < -0.4 is 14.2 Å². The SMILES string of the molecule is COc1cc(CCC(=O)/C=C/CCc2ccc(OCCO)c(OC)c2)ccc1O. The van der Waals surface area contributed by atoms with E-state index < -0.39 is 0 Å². The summed E-state index contributed by atoms with van der Waals surface area (Å²) >= 11 is 0. The van der Waals surface area contributed by atoms with Gasteiger partial charge in [-0.1, -0.05) is 18.2 Å². The summed E-state index contributed by atoms with van der Waals surface area (Å²) in [6.07, 6.45) is 5.99. The number of hydrogen-bond acceptors (Lipinski definition) is 6. The number of ketones is 1. The van der Waals surface area contributed by atoms with Gasteiger partial charge in [-0.3, -0.25) is 4.79 Å². The maximum absolute atomic E-state index is 12.1. The normalized spacial score (nSPS) is 10.9. The quantitative estimate of drug-likeness (QED) is 0.531. The molecule has 0 aromatic heterocycles. The Bertz CT molecular complexity index is 828. The number of carbonyl (C=O) groups is 1. The zero-order chi connectivity index (χ0) is 21.1. The number of aryl methyl sites for hydroxylation is 2. The Labute approximate surface area is 171 Å². The molecule has 2 aromatic rings. The lowest BCUT2D eigenvalue weighted by atomic mass is 10.1. The van der Waals surface area contributed by atoms with Crippen molar-refractivity contribution in [3.05, 3.63) is 59.7 Å². The van der Waals surface area contributed by atoms with Crippen LogP contribution in [0.2, 0.25) is 0 Å². The van der Waals surface area contributed by atoms with Gasteiger partial charge in [0.05, 0.1) is 20.8 Å². The molecule has 6 nitrogen and oxygen atoms in total. The minimum absolute atomic E-state index is 0.0516. The first-order valence-electron chi connectivity index (χ1n) is 9.53. The molecule has 0 fully saturated rings.